The second-order valence-electron chi connectivity index (χ2n) is 4.25. The van der Waals surface area contributed by atoms with E-state index in [1.54, 1.807) is 6.08 Å². The molecule has 2 rings (SSSR count). The third-order valence-corrected chi connectivity index (χ3v) is 2.77. The number of benzene rings is 2. The monoisotopic (exact) mass is 264 g/mol. The maximum atomic E-state index is 11.0. The minimum absolute atomic E-state index is 0.321. The molecule has 0 atom stereocenters. The van der Waals surface area contributed by atoms with Crippen LogP contribution in [-0.4, -0.2) is 5.91 Å². The third-order valence-electron chi connectivity index (χ3n) is 2.77. The average molecular weight is 264 g/mol. The Hall–Kier alpha value is -2.65. The zero-order chi connectivity index (χ0) is 14.2. The van der Waals surface area contributed by atoms with E-state index in [1.165, 1.54) is 6.08 Å². The number of hydrogen-bond acceptors (Lipinski definition) is 2. The fourth-order valence-corrected chi connectivity index (χ4v) is 1.69. The summed E-state index contributed by atoms with van der Waals surface area (Å²) < 4.78 is 0. The summed E-state index contributed by atoms with van der Waals surface area (Å²) in [5.74, 6) is 4.67. The summed E-state index contributed by atoms with van der Waals surface area (Å²) in [7, 11) is 0. The van der Waals surface area contributed by atoms with Crippen molar-refractivity contribution >= 4 is 24.1 Å². The molecule has 1 amide bonds. The van der Waals surface area contributed by atoms with E-state index < -0.39 is 0 Å². The van der Waals surface area contributed by atoms with Gasteiger partial charge in [0, 0.05) is 6.08 Å². The highest BCUT2D eigenvalue weighted by molar-refractivity contribution is 5.91. The molecule has 2 aromatic carbocycles. The van der Waals surface area contributed by atoms with E-state index in [-0.39, 0.29) is 5.91 Å². The smallest absolute Gasteiger partial charge is 0.257 e. The summed E-state index contributed by atoms with van der Waals surface area (Å²) in [5.41, 5.74) is 5.27. The Labute approximate surface area is 118 Å². The summed E-state index contributed by atoms with van der Waals surface area (Å²) in [6, 6.07) is 18.0. The Morgan fingerprint density at radius 1 is 0.800 bits per heavy atom. The van der Waals surface area contributed by atoms with Crippen LogP contribution in [0.1, 0.15) is 16.7 Å². The maximum absolute atomic E-state index is 11.0. The van der Waals surface area contributed by atoms with Crippen LogP contribution in [-0.2, 0) is 4.79 Å². The number of nitrogens with one attached hydrogen (secondary N) is 1. The average Bonchev–Trinajstić information content (AvgIpc) is 2.52. The number of hydrazine groups is 1. The third kappa shape index (κ3) is 4.23. The molecule has 0 aliphatic heterocycles. The maximum Gasteiger partial charge on any atom is 0.257 e. The van der Waals surface area contributed by atoms with Crippen LogP contribution in [0.3, 0.4) is 0 Å². The van der Waals surface area contributed by atoms with Crippen molar-refractivity contribution in [3.05, 3.63) is 77.4 Å². The highest BCUT2D eigenvalue weighted by atomic mass is 16.2. The van der Waals surface area contributed by atoms with Gasteiger partial charge in [-0.3, -0.25) is 10.2 Å². The second kappa shape index (κ2) is 7.07. The fraction of sp³-hybridized carbons (Fsp3) is 0. The molecular weight excluding hydrogens is 248 g/mol. The van der Waals surface area contributed by atoms with E-state index in [4.69, 9.17) is 5.84 Å². The van der Waals surface area contributed by atoms with Crippen LogP contribution in [0.15, 0.2) is 60.7 Å². The SMILES string of the molecule is NNC(=O)/C=C/c1ccc(C=Cc2ccccc2)cc1. The Balaban J connectivity index is 2.03. The highest BCUT2D eigenvalue weighted by Crippen LogP contribution is 2.10. The second-order valence-corrected chi connectivity index (χ2v) is 4.25. The molecule has 3 nitrogen and oxygen atoms in total. The highest BCUT2D eigenvalue weighted by Gasteiger charge is 1.91. The first-order chi connectivity index (χ1) is 9.78. The fourth-order valence-electron chi connectivity index (χ4n) is 1.69. The molecule has 0 saturated carbocycles. The van der Waals surface area contributed by atoms with E-state index in [2.05, 4.69) is 24.3 Å². The number of amides is 1. The van der Waals surface area contributed by atoms with Crippen LogP contribution in [0.25, 0.3) is 18.2 Å². The van der Waals surface area contributed by atoms with Gasteiger partial charge in [-0.15, -0.1) is 0 Å². The lowest BCUT2D eigenvalue weighted by Gasteiger charge is -1.97. The number of rotatable bonds is 4. The number of nitrogens with two attached hydrogens (primary N) is 1. The lowest BCUT2D eigenvalue weighted by Crippen LogP contribution is -2.27. The van der Waals surface area contributed by atoms with E-state index in [0.717, 1.165) is 16.7 Å². The first kappa shape index (κ1) is 13.8. The molecule has 0 aliphatic carbocycles. The van der Waals surface area contributed by atoms with Gasteiger partial charge in [-0.05, 0) is 22.8 Å². The molecular formula is C17H16N2O. The predicted molar refractivity (Wildman–Crippen MR) is 83.2 cm³/mol. The van der Waals surface area contributed by atoms with Crippen molar-refractivity contribution in [3.8, 4) is 0 Å². The van der Waals surface area contributed by atoms with Gasteiger partial charge in [-0.1, -0.05) is 66.7 Å². The van der Waals surface area contributed by atoms with Crippen molar-refractivity contribution in [2.45, 2.75) is 0 Å². The van der Waals surface area contributed by atoms with Crippen LogP contribution >= 0.6 is 0 Å². The van der Waals surface area contributed by atoms with Crippen molar-refractivity contribution < 1.29 is 4.79 Å². The van der Waals surface area contributed by atoms with E-state index in [9.17, 15) is 4.79 Å². The van der Waals surface area contributed by atoms with Crippen LogP contribution < -0.4 is 11.3 Å². The molecule has 0 fully saturated rings. The number of hydrogen-bond donors (Lipinski definition) is 2. The van der Waals surface area contributed by atoms with Crippen LogP contribution in [0.5, 0.6) is 0 Å². The summed E-state index contributed by atoms with van der Waals surface area (Å²) in [5, 5.41) is 0. The van der Waals surface area contributed by atoms with Gasteiger partial charge in [-0.25, -0.2) is 5.84 Å². The molecule has 0 unspecified atom stereocenters. The Bertz CT molecular complexity index is 613. The van der Waals surface area contributed by atoms with Crippen LogP contribution in [0.2, 0.25) is 0 Å². The summed E-state index contributed by atoms with van der Waals surface area (Å²) in [6.07, 6.45) is 7.23. The standard InChI is InChI=1S/C17H16N2O/c18-19-17(20)13-12-16-10-8-15(9-11-16)7-6-14-4-2-1-3-5-14/h1-13H,18H2,(H,19,20)/b7-6?,13-12+. The minimum atomic E-state index is -0.321. The number of carbonyl (C=O) groups excluding carboxylic acids is 1. The van der Waals surface area contributed by atoms with E-state index in [0.29, 0.717) is 0 Å². The van der Waals surface area contributed by atoms with Gasteiger partial charge in [-0.2, -0.15) is 0 Å². The topological polar surface area (TPSA) is 55.1 Å². The van der Waals surface area contributed by atoms with Crippen molar-refractivity contribution in [1.29, 1.82) is 0 Å². The van der Waals surface area contributed by atoms with Crippen molar-refractivity contribution in [1.82, 2.24) is 5.43 Å². The van der Waals surface area contributed by atoms with Crippen molar-refractivity contribution in [2.75, 3.05) is 0 Å². The van der Waals surface area contributed by atoms with Gasteiger partial charge in [0.25, 0.3) is 5.91 Å². The molecule has 0 spiro atoms. The van der Waals surface area contributed by atoms with Crippen LogP contribution in [0, 0.1) is 0 Å². The van der Waals surface area contributed by atoms with Crippen molar-refractivity contribution in [2.24, 2.45) is 5.84 Å². The predicted octanol–water partition coefficient (Wildman–Crippen LogP) is 2.86. The lowest BCUT2D eigenvalue weighted by molar-refractivity contribution is -0.116. The molecule has 0 aromatic heterocycles. The molecule has 3 heteroatoms. The molecule has 2 aromatic rings. The van der Waals surface area contributed by atoms with Gasteiger partial charge in [0.15, 0.2) is 0 Å². The molecule has 0 aliphatic rings. The van der Waals surface area contributed by atoms with Crippen molar-refractivity contribution in [3.63, 3.8) is 0 Å². The number of carbonyl (C=O) groups is 1. The summed E-state index contributed by atoms with van der Waals surface area (Å²) in [6.45, 7) is 0. The Morgan fingerprint density at radius 2 is 1.30 bits per heavy atom. The van der Waals surface area contributed by atoms with E-state index >= 15 is 0 Å². The Kier molecular flexibility index (Phi) is 4.87. The minimum Gasteiger partial charge on any atom is -0.291 e. The first-order valence-corrected chi connectivity index (χ1v) is 6.30. The first-order valence-electron chi connectivity index (χ1n) is 6.30. The normalized spacial score (nSPS) is 11.1. The molecule has 0 saturated heterocycles. The molecule has 0 heterocycles. The zero-order valence-electron chi connectivity index (χ0n) is 11.0. The molecule has 20 heavy (non-hydrogen) atoms. The lowest BCUT2D eigenvalue weighted by atomic mass is 10.1. The molecule has 100 valence electrons. The Morgan fingerprint density at radius 3 is 1.85 bits per heavy atom. The summed E-state index contributed by atoms with van der Waals surface area (Å²) in [4.78, 5) is 11.0. The van der Waals surface area contributed by atoms with Gasteiger partial charge in [0.1, 0.15) is 0 Å². The quantitative estimate of drug-likeness (QED) is 0.293. The molecule has 0 bridgehead atoms. The van der Waals surface area contributed by atoms with Gasteiger partial charge in [0.2, 0.25) is 0 Å². The largest absolute Gasteiger partial charge is 0.291 e. The molecule has 3 N–H and O–H groups in total. The van der Waals surface area contributed by atoms with Gasteiger partial charge < -0.3 is 0 Å². The summed E-state index contributed by atoms with van der Waals surface area (Å²) >= 11 is 0. The molecule has 0 radical (unpaired) electrons. The van der Waals surface area contributed by atoms with Gasteiger partial charge >= 0.3 is 0 Å². The van der Waals surface area contributed by atoms with E-state index in [1.807, 2.05) is 47.9 Å². The van der Waals surface area contributed by atoms with Gasteiger partial charge in [0.05, 0.1) is 0 Å². The van der Waals surface area contributed by atoms with Crippen LogP contribution in [0.4, 0.5) is 0 Å². The zero-order valence-corrected chi connectivity index (χ0v) is 11.0.